The molecule has 7 rings (SSSR count). The highest BCUT2D eigenvalue weighted by atomic mass is 16.4. The molecule has 0 bridgehead atoms. The Morgan fingerprint density at radius 1 is 0.481 bits per heavy atom. The van der Waals surface area contributed by atoms with Gasteiger partial charge in [0, 0.05) is 82.6 Å². The molecule has 0 radical (unpaired) electrons. The first kappa shape index (κ1) is 37.7. The van der Waals surface area contributed by atoms with E-state index in [1.165, 1.54) is 0 Å². The second-order valence-electron chi connectivity index (χ2n) is 19.7. The largest absolute Gasteiger partial charge is 0.480 e. The molecular weight excluding hydrogens is 684 g/mol. The molecule has 4 aliphatic carbocycles. The molecule has 10 heteroatoms. The molecule has 286 valence electrons. The van der Waals surface area contributed by atoms with Crippen molar-refractivity contribution in [2.75, 3.05) is 13.1 Å². The number of nitrogens with zero attached hydrogens (tertiary/aromatic N) is 2. The van der Waals surface area contributed by atoms with Crippen LogP contribution in [0.15, 0.2) is 69.3 Å². The molecule has 0 amide bonds. The van der Waals surface area contributed by atoms with Crippen LogP contribution in [0.1, 0.15) is 130 Å². The molecule has 1 aromatic rings. The van der Waals surface area contributed by atoms with Gasteiger partial charge in [0.1, 0.15) is 13.1 Å². The first-order valence-corrected chi connectivity index (χ1v) is 19.1. The summed E-state index contributed by atoms with van der Waals surface area (Å²) in [6, 6.07) is 7.56. The standard InChI is InChI=1S/C44H52N2O8/c1-41(2)13-25-37(29(47)17-41)35(38-26(45(25)21-33(51)52)14-42(3,4)18-30(38)48)23-9-11-24(12-10-23)36-39-27(15-43(5,6)19-31(39)49)46(22-34(53)54)28-16-44(7,8)20-32(50)40(28)36/h9-12,35-36H,13-22H2,1-8H3,(H,51,52)(H,53,54). The maximum Gasteiger partial charge on any atom is 0.323 e. The highest BCUT2D eigenvalue weighted by Gasteiger charge is 2.51. The van der Waals surface area contributed by atoms with Crippen molar-refractivity contribution in [3.05, 3.63) is 80.5 Å². The van der Waals surface area contributed by atoms with Gasteiger partial charge in [-0.15, -0.1) is 0 Å². The van der Waals surface area contributed by atoms with Gasteiger partial charge in [-0.1, -0.05) is 79.7 Å². The maximum absolute atomic E-state index is 14.2. The zero-order chi connectivity index (χ0) is 39.4. The Morgan fingerprint density at radius 3 is 0.907 bits per heavy atom. The summed E-state index contributed by atoms with van der Waals surface area (Å²) in [5.41, 5.74) is 4.38. The molecule has 2 heterocycles. The summed E-state index contributed by atoms with van der Waals surface area (Å²) in [4.78, 5) is 84.8. The van der Waals surface area contributed by atoms with E-state index >= 15 is 0 Å². The minimum Gasteiger partial charge on any atom is -0.480 e. The highest BCUT2D eigenvalue weighted by molar-refractivity contribution is 6.08. The Labute approximate surface area is 317 Å². The fourth-order valence-corrected chi connectivity index (χ4v) is 10.3. The zero-order valence-corrected chi connectivity index (χ0v) is 32.8. The summed E-state index contributed by atoms with van der Waals surface area (Å²) >= 11 is 0. The number of hydrogen-bond acceptors (Lipinski definition) is 8. The molecular formula is C44H52N2O8. The molecule has 0 saturated carbocycles. The van der Waals surface area contributed by atoms with E-state index in [-0.39, 0.29) is 61.9 Å². The Kier molecular flexibility index (Phi) is 8.70. The van der Waals surface area contributed by atoms with Gasteiger partial charge >= 0.3 is 11.9 Å². The SMILES string of the molecule is CC1(C)CC(=O)C2=C(C1)N(CC(=O)O)C1=C(C(=O)CC(C)(C)C1)C2c1ccc(C2C3=C(CC(C)(C)CC3=O)N(CC(=O)O)C3=C2C(=O)CC(C)(C)C3)cc1. The molecule has 0 spiro atoms. The van der Waals surface area contributed by atoms with E-state index < -0.39 is 45.4 Å². The van der Waals surface area contributed by atoms with Crippen molar-refractivity contribution in [2.24, 2.45) is 21.7 Å². The number of allylic oxidation sites excluding steroid dienone is 8. The molecule has 6 aliphatic rings. The van der Waals surface area contributed by atoms with Crippen LogP contribution in [0.2, 0.25) is 0 Å². The lowest BCUT2D eigenvalue weighted by molar-refractivity contribution is -0.138. The first-order valence-electron chi connectivity index (χ1n) is 19.1. The number of carboxylic acid groups (broad SMARTS) is 2. The summed E-state index contributed by atoms with van der Waals surface area (Å²) in [5, 5.41) is 20.1. The minimum absolute atomic E-state index is 0.101. The van der Waals surface area contributed by atoms with Gasteiger partial charge in [-0.05, 0) is 58.5 Å². The third kappa shape index (κ3) is 6.49. The van der Waals surface area contributed by atoms with Crippen LogP contribution >= 0.6 is 0 Å². The smallest absolute Gasteiger partial charge is 0.323 e. The molecule has 2 aliphatic heterocycles. The van der Waals surface area contributed by atoms with Crippen LogP contribution in [0, 0.1) is 21.7 Å². The number of rotatable bonds is 6. The fourth-order valence-electron chi connectivity index (χ4n) is 10.3. The third-order valence-corrected chi connectivity index (χ3v) is 12.2. The van der Waals surface area contributed by atoms with Crippen LogP contribution in [-0.4, -0.2) is 68.2 Å². The number of benzene rings is 1. The quantitative estimate of drug-likeness (QED) is 0.306. The summed E-state index contributed by atoms with van der Waals surface area (Å²) in [7, 11) is 0. The van der Waals surface area contributed by atoms with Crippen molar-refractivity contribution in [3.8, 4) is 0 Å². The van der Waals surface area contributed by atoms with Crippen molar-refractivity contribution < 1.29 is 39.0 Å². The summed E-state index contributed by atoms with van der Waals surface area (Å²) in [5.74, 6) is -3.85. The van der Waals surface area contributed by atoms with Crippen molar-refractivity contribution in [3.63, 3.8) is 0 Å². The summed E-state index contributed by atoms with van der Waals surface area (Å²) in [6.45, 7) is 15.4. The second kappa shape index (κ2) is 12.5. The average molecular weight is 737 g/mol. The Hall–Kier alpha value is -4.60. The van der Waals surface area contributed by atoms with Crippen molar-refractivity contribution in [1.82, 2.24) is 9.80 Å². The summed E-state index contributed by atoms with van der Waals surface area (Å²) in [6.07, 6.45) is 3.02. The Morgan fingerprint density at radius 2 is 0.704 bits per heavy atom. The number of hydrogen-bond donors (Lipinski definition) is 2. The van der Waals surface area contributed by atoms with Gasteiger partial charge in [0.25, 0.3) is 0 Å². The van der Waals surface area contributed by atoms with Crippen molar-refractivity contribution >= 4 is 35.1 Å². The van der Waals surface area contributed by atoms with E-state index in [0.29, 0.717) is 81.9 Å². The number of Topliss-reactive ketones (excluding diaryl/α,β-unsaturated/α-hetero) is 4. The zero-order valence-electron chi connectivity index (χ0n) is 32.8. The normalized spacial score (nSPS) is 25.1. The van der Waals surface area contributed by atoms with Gasteiger partial charge in [0.2, 0.25) is 0 Å². The van der Waals surface area contributed by atoms with Gasteiger partial charge in [-0.25, -0.2) is 0 Å². The van der Waals surface area contributed by atoms with E-state index in [9.17, 15) is 39.0 Å². The molecule has 0 atom stereocenters. The van der Waals surface area contributed by atoms with Crippen LogP contribution in [-0.2, 0) is 28.8 Å². The monoisotopic (exact) mass is 736 g/mol. The van der Waals surface area contributed by atoms with Crippen LogP contribution in [0.3, 0.4) is 0 Å². The number of carbonyl (C=O) groups is 6. The van der Waals surface area contributed by atoms with E-state index in [1.807, 2.05) is 79.7 Å². The van der Waals surface area contributed by atoms with E-state index in [1.54, 1.807) is 9.80 Å². The Bertz CT molecular complexity index is 1810. The number of carbonyl (C=O) groups excluding carboxylic acids is 4. The van der Waals surface area contributed by atoms with Crippen LogP contribution in [0.25, 0.3) is 0 Å². The molecule has 0 unspecified atom stereocenters. The minimum atomic E-state index is -1.04. The lowest BCUT2D eigenvalue weighted by atomic mass is 9.62. The maximum atomic E-state index is 14.2. The lowest BCUT2D eigenvalue weighted by Crippen LogP contribution is -2.46. The number of carboxylic acids is 2. The lowest BCUT2D eigenvalue weighted by Gasteiger charge is -2.49. The summed E-state index contributed by atoms with van der Waals surface area (Å²) < 4.78 is 0. The van der Waals surface area contributed by atoms with Crippen molar-refractivity contribution in [1.29, 1.82) is 0 Å². The van der Waals surface area contributed by atoms with Gasteiger partial charge in [-0.2, -0.15) is 0 Å². The molecule has 10 nitrogen and oxygen atoms in total. The van der Waals surface area contributed by atoms with E-state index in [0.717, 1.165) is 0 Å². The highest BCUT2D eigenvalue weighted by Crippen LogP contribution is 2.57. The molecule has 0 aromatic heterocycles. The third-order valence-electron chi connectivity index (χ3n) is 12.2. The molecule has 1 aromatic carbocycles. The van der Waals surface area contributed by atoms with Gasteiger partial charge in [-0.3, -0.25) is 28.8 Å². The topological polar surface area (TPSA) is 149 Å². The molecule has 2 N–H and O–H groups in total. The van der Waals surface area contributed by atoms with E-state index in [4.69, 9.17) is 0 Å². The molecule has 0 fully saturated rings. The van der Waals surface area contributed by atoms with Crippen LogP contribution < -0.4 is 0 Å². The predicted octanol–water partition coefficient (Wildman–Crippen LogP) is 7.23. The predicted molar refractivity (Wildman–Crippen MR) is 201 cm³/mol. The Balaban J connectivity index is 1.41. The average Bonchev–Trinajstić information content (AvgIpc) is 3.00. The number of aliphatic carboxylic acids is 2. The van der Waals surface area contributed by atoms with Crippen LogP contribution in [0.5, 0.6) is 0 Å². The number of ketones is 4. The van der Waals surface area contributed by atoms with Gasteiger partial charge in [0.15, 0.2) is 23.1 Å². The molecule has 54 heavy (non-hydrogen) atoms. The van der Waals surface area contributed by atoms with Gasteiger partial charge < -0.3 is 20.0 Å². The van der Waals surface area contributed by atoms with Crippen LogP contribution in [0.4, 0.5) is 0 Å². The van der Waals surface area contributed by atoms with Crippen molar-refractivity contribution in [2.45, 2.75) is 119 Å². The van der Waals surface area contributed by atoms with Gasteiger partial charge in [0.05, 0.1) is 0 Å². The molecule has 0 saturated heterocycles. The fraction of sp³-hybridized carbons (Fsp3) is 0.545. The van der Waals surface area contributed by atoms with E-state index in [2.05, 4.69) is 0 Å². The first-order chi connectivity index (χ1) is 25.0. The second-order valence-corrected chi connectivity index (χ2v) is 19.7.